The average Bonchev–Trinajstić information content (AvgIpc) is 2.36. The Morgan fingerprint density at radius 2 is 2.31 bits per heavy atom. The second-order valence-corrected chi connectivity index (χ2v) is 3.02. The molecule has 0 aromatic rings. The highest BCUT2D eigenvalue weighted by molar-refractivity contribution is 5.85. The molecule has 13 heavy (non-hydrogen) atoms. The van der Waals surface area contributed by atoms with E-state index < -0.39 is 11.9 Å². The van der Waals surface area contributed by atoms with Crippen LogP contribution in [0.1, 0.15) is 12.8 Å². The highest BCUT2D eigenvalue weighted by Gasteiger charge is 2.27. The van der Waals surface area contributed by atoms with Gasteiger partial charge in [-0.15, -0.1) is 12.4 Å². The topological polar surface area (TPSA) is 98.2 Å². The van der Waals surface area contributed by atoms with Gasteiger partial charge in [-0.25, -0.2) is 0 Å². The van der Waals surface area contributed by atoms with Crippen LogP contribution in [0.2, 0.25) is 0 Å². The fourth-order valence-corrected chi connectivity index (χ4v) is 1.29. The number of amides is 2. The molecule has 1 aliphatic rings. The Hall–Kier alpha value is -0.810. The SMILES string of the molecule is Cl.NC(=O)C(N)C[C@@H]1CCNC1=O. The molecule has 0 bridgehead atoms. The molecule has 5 nitrogen and oxygen atoms in total. The summed E-state index contributed by atoms with van der Waals surface area (Å²) in [5.41, 5.74) is 10.4. The van der Waals surface area contributed by atoms with Crippen LogP contribution in [0.5, 0.6) is 0 Å². The third-order valence-electron chi connectivity index (χ3n) is 2.07. The molecule has 1 unspecified atom stereocenters. The van der Waals surface area contributed by atoms with Gasteiger partial charge in [0.05, 0.1) is 6.04 Å². The summed E-state index contributed by atoms with van der Waals surface area (Å²) in [6, 6.07) is -0.696. The van der Waals surface area contributed by atoms with Gasteiger partial charge in [0, 0.05) is 12.5 Å². The molecule has 1 aliphatic heterocycles. The summed E-state index contributed by atoms with van der Waals surface area (Å²) in [5, 5.41) is 2.67. The molecule has 1 rings (SSSR count). The highest BCUT2D eigenvalue weighted by Crippen LogP contribution is 2.14. The standard InChI is InChI=1S/C7H13N3O2.ClH/c8-5(6(9)11)3-4-1-2-10-7(4)12;/h4-5H,1-3,8H2,(H2,9,11)(H,10,12);1H/t4-,5?;/m0./s1. The maximum atomic E-state index is 11.0. The summed E-state index contributed by atoms with van der Waals surface area (Å²) in [6.07, 6.45) is 1.11. The summed E-state index contributed by atoms with van der Waals surface area (Å²) in [4.78, 5) is 21.6. The van der Waals surface area contributed by atoms with Gasteiger partial charge >= 0.3 is 0 Å². The molecule has 1 fully saturated rings. The normalized spacial score (nSPS) is 23.2. The van der Waals surface area contributed by atoms with Crippen molar-refractivity contribution in [3.05, 3.63) is 0 Å². The Balaban J connectivity index is 0.00000144. The zero-order chi connectivity index (χ0) is 9.14. The van der Waals surface area contributed by atoms with E-state index in [4.69, 9.17) is 11.5 Å². The molecule has 1 saturated heterocycles. The molecule has 0 aromatic carbocycles. The van der Waals surface area contributed by atoms with Crippen molar-refractivity contribution in [2.45, 2.75) is 18.9 Å². The lowest BCUT2D eigenvalue weighted by molar-refractivity contribution is -0.123. The lowest BCUT2D eigenvalue weighted by Crippen LogP contribution is -2.39. The van der Waals surface area contributed by atoms with Crippen LogP contribution < -0.4 is 16.8 Å². The molecular formula is C7H14ClN3O2. The van der Waals surface area contributed by atoms with E-state index in [0.29, 0.717) is 13.0 Å². The third-order valence-corrected chi connectivity index (χ3v) is 2.07. The van der Waals surface area contributed by atoms with Gasteiger partial charge in [-0.3, -0.25) is 9.59 Å². The lowest BCUT2D eigenvalue weighted by atomic mass is 9.99. The number of halogens is 1. The quantitative estimate of drug-likeness (QED) is 0.539. The van der Waals surface area contributed by atoms with E-state index in [1.807, 2.05) is 0 Å². The van der Waals surface area contributed by atoms with Crippen LogP contribution in [0.4, 0.5) is 0 Å². The molecular weight excluding hydrogens is 194 g/mol. The number of rotatable bonds is 3. The first-order chi connectivity index (χ1) is 5.61. The number of carbonyl (C=O) groups excluding carboxylic acids is 2. The Kier molecular flexibility index (Phi) is 4.72. The van der Waals surface area contributed by atoms with Crippen molar-refractivity contribution in [2.75, 3.05) is 6.54 Å². The molecule has 1 heterocycles. The first kappa shape index (κ1) is 12.2. The first-order valence-corrected chi connectivity index (χ1v) is 3.94. The molecule has 76 valence electrons. The largest absolute Gasteiger partial charge is 0.368 e. The monoisotopic (exact) mass is 207 g/mol. The van der Waals surface area contributed by atoms with Crippen molar-refractivity contribution < 1.29 is 9.59 Å². The Bertz CT molecular complexity index is 210. The molecule has 0 radical (unpaired) electrons. The molecule has 2 amide bonds. The highest BCUT2D eigenvalue weighted by atomic mass is 35.5. The van der Waals surface area contributed by atoms with E-state index in [1.54, 1.807) is 0 Å². The third kappa shape index (κ3) is 3.20. The van der Waals surface area contributed by atoms with Gasteiger partial charge in [0.1, 0.15) is 0 Å². The van der Waals surface area contributed by atoms with Crippen molar-refractivity contribution in [3.63, 3.8) is 0 Å². The number of nitrogens with two attached hydrogens (primary N) is 2. The van der Waals surface area contributed by atoms with Gasteiger partial charge in [-0.05, 0) is 12.8 Å². The molecule has 6 heteroatoms. The van der Waals surface area contributed by atoms with Crippen LogP contribution in [-0.4, -0.2) is 24.4 Å². The molecule has 0 spiro atoms. The van der Waals surface area contributed by atoms with Crippen molar-refractivity contribution in [2.24, 2.45) is 17.4 Å². The van der Waals surface area contributed by atoms with Crippen molar-refractivity contribution in [3.8, 4) is 0 Å². The van der Waals surface area contributed by atoms with E-state index in [2.05, 4.69) is 5.32 Å². The van der Waals surface area contributed by atoms with Gasteiger partial charge in [0.15, 0.2) is 0 Å². The van der Waals surface area contributed by atoms with Crippen LogP contribution >= 0.6 is 12.4 Å². The summed E-state index contributed by atoms with van der Waals surface area (Å²) < 4.78 is 0. The van der Waals surface area contributed by atoms with Gasteiger partial charge < -0.3 is 16.8 Å². The number of nitrogens with one attached hydrogen (secondary N) is 1. The zero-order valence-corrected chi connectivity index (χ0v) is 7.97. The molecule has 0 aromatic heterocycles. The minimum absolute atomic E-state index is 0. The Morgan fingerprint density at radius 3 is 2.69 bits per heavy atom. The number of hydrogen-bond donors (Lipinski definition) is 3. The van der Waals surface area contributed by atoms with Gasteiger partial charge in [0.2, 0.25) is 11.8 Å². The zero-order valence-electron chi connectivity index (χ0n) is 7.16. The summed E-state index contributed by atoms with van der Waals surface area (Å²) in [6.45, 7) is 0.676. The minimum atomic E-state index is -0.696. The maximum Gasteiger partial charge on any atom is 0.234 e. The average molecular weight is 208 g/mol. The summed E-state index contributed by atoms with van der Waals surface area (Å²) in [7, 11) is 0. The number of primary amides is 1. The van der Waals surface area contributed by atoms with Crippen LogP contribution in [0.3, 0.4) is 0 Å². The summed E-state index contributed by atoms with van der Waals surface area (Å²) >= 11 is 0. The van der Waals surface area contributed by atoms with Gasteiger partial charge in [-0.2, -0.15) is 0 Å². The van der Waals surface area contributed by atoms with Gasteiger partial charge in [0.25, 0.3) is 0 Å². The Labute approximate surface area is 82.6 Å². The van der Waals surface area contributed by atoms with E-state index in [0.717, 1.165) is 6.42 Å². The van der Waals surface area contributed by atoms with Crippen LogP contribution in [0.25, 0.3) is 0 Å². The first-order valence-electron chi connectivity index (χ1n) is 3.94. The van der Waals surface area contributed by atoms with Crippen molar-refractivity contribution >= 4 is 24.2 Å². The predicted molar refractivity (Wildman–Crippen MR) is 50.2 cm³/mol. The fourth-order valence-electron chi connectivity index (χ4n) is 1.29. The summed E-state index contributed by atoms with van der Waals surface area (Å²) in [5.74, 6) is -0.700. The molecule has 2 atom stereocenters. The predicted octanol–water partition coefficient (Wildman–Crippen LogP) is -1.25. The smallest absolute Gasteiger partial charge is 0.234 e. The minimum Gasteiger partial charge on any atom is -0.368 e. The maximum absolute atomic E-state index is 11.0. The lowest BCUT2D eigenvalue weighted by Gasteiger charge is -2.10. The number of hydrogen-bond acceptors (Lipinski definition) is 3. The van der Waals surface area contributed by atoms with Crippen LogP contribution in [0.15, 0.2) is 0 Å². The Morgan fingerprint density at radius 1 is 1.69 bits per heavy atom. The second-order valence-electron chi connectivity index (χ2n) is 3.02. The van der Waals surface area contributed by atoms with E-state index in [1.165, 1.54) is 0 Å². The molecule has 5 N–H and O–H groups in total. The van der Waals surface area contributed by atoms with Crippen molar-refractivity contribution in [1.29, 1.82) is 0 Å². The second kappa shape index (κ2) is 5.04. The fraction of sp³-hybridized carbons (Fsp3) is 0.714. The van der Waals surface area contributed by atoms with E-state index in [-0.39, 0.29) is 24.2 Å². The van der Waals surface area contributed by atoms with Gasteiger partial charge in [-0.1, -0.05) is 0 Å². The van der Waals surface area contributed by atoms with Crippen LogP contribution in [-0.2, 0) is 9.59 Å². The van der Waals surface area contributed by atoms with E-state index in [9.17, 15) is 9.59 Å². The molecule has 0 saturated carbocycles. The molecule has 0 aliphatic carbocycles. The van der Waals surface area contributed by atoms with Crippen LogP contribution in [0, 0.1) is 5.92 Å². The van der Waals surface area contributed by atoms with E-state index >= 15 is 0 Å². The number of carbonyl (C=O) groups is 2. The van der Waals surface area contributed by atoms with Crippen molar-refractivity contribution in [1.82, 2.24) is 5.32 Å².